The maximum Gasteiger partial charge on any atom is 0.338 e. The number of rotatable bonds is 5. The lowest BCUT2D eigenvalue weighted by Gasteiger charge is -2.17. The van der Waals surface area contributed by atoms with Gasteiger partial charge in [0.1, 0.15) is 5.75 Å². The van der Waals surface area contributed by atoms with Crippen LogP contribution in [0.4, 0.5) is 5.69 Å². The first kappa shape index (κ1) is 15.0. The molecule has 0 aliphatic rings. The minimum atomic E-state index is -2.97. The van der Waals surface area contributed by atoms with Gasteiger partial charge in [0.25, 0.3) is 0 Å². The fraction of sp³-hybridized carbons (Fsp3) is 0.200. The average Bonchev–Trinajstić information content (AvgIpc) is 2.41. The fourth-order valence-electron chi connectivity index (χ4n) is 1.77. The molecule has 5 heteroatoms. The summed E-state index contributed by atoms with van der Waals surface area (Å²) in [5, 5.41) is 3.53. The molecule has 106 valence electrons. The molecule has 0 bridgehead atoms. The summed E-state index contributed by atoms with van der Waals surface area (Å²) in [6.45, 7) is 3.64. The Kier molecular flexibility index (Phi) is 4.74. The van der Waals surface area contributed by atoms with Crippen LogP contribution in [0.2, 0.25) is 5.02 Å². The first-order valence-electron chi connectivity index (χ1n) is 6.38. The van der Waals surface area contributed by atoms with E-state index in [1.54, 1.807) is 30.9 Å². The lowest BCUT2D eigenvalue weighted by molar-refractivity contribution is 0.493. The smallest absolute Gasteiger partial charge is 0.338 e. The summed E-state index contributed by atoms with van der Waals surface area (Å²) in [6.07, 6.45) is 0.965. The third kappa shape index (κ3) is 4.29. The van der Waals surface area contributed by atoms with Gasteiger partial charge in [-0.1, -0.05) is 30.7 Å². The van der Waals surface area contributed by atoms with Crippen molar-refractivity contribution < 1.29 is 9.09 Å². The van der Waals surface area contributed by atoms with Crippen molar-refractivity contribution in [2.75, 3.05) is 11.8 Å². The van der Waals surface area contributed by atoms with Crippen LogP contribution in [0, 0.1) is 0 Å². The third-order valence-corrected chi connectivity index (χ3v) is 4.26. The highest BCUT2D eigenvalue weighted by atomic mass is 35.5. The largest absolute Gasteiger partial charge is 0.429 e. The van der Waals surface area contributed by atoms with E-state index >= 15 is 0 Å². The molecule has 0 radical (unpaired) electrons. The zero-order chi connectivity index (χ0) is 14.6. The molecule has 20 heavy (non-hydrogen) atoms. The zero-order valence-corrected chi connectivity index (χ0v) is 13.1. The van der Waals surface area contributed by atoms with Gasteiger partial charge in [0.15, 0.2) is 0 Å². The first-order valence-corrected chi connectivity index (χ1v) is 8.83. The molecule has 1 atom stereocenters. The van der Waals surface area contributed by atoms with Crippen LogP contribution >= 0.6 is 19.1 Å². The molecule has 0 spiro atoms. The van der Waals surface area contributed by atoms with E-state index in [9.17, 15) is 4.57 Å². The maximum absolute atomic E-state index is 12.4. The third-order valence-electron chi connectivity index (χ3n) is 2.79. The Labute approximate surface area is 124 Å². The van der Waals surface area contributed by atoms with E-state index in [4.69, 9.17) is 16.1 Å². The van der Waals surface area contributed by atoms with E-state index in [2.05, 4.69) is 12.0 Å². The molecule has 0 heterocycles. The predicted molar refractivity (Wildman–Crippen MR) is 85.1 cm³/mol. The van der Waals surface area contributed by atoms with Crippen molar-refractivity contribution in [1.29, 1.82) is 0 Å². The number of hydrogen-bond donors (Lipinski definition) is 1. The molecular formula is C15H17ClNO2P. The minimum Gasteiger partial charge on any atom is -0.429 e. The Hall–Kier alpha value is -1.44. The van der Waals surface area contributed by atoms with Crippen LogP contribution in [0.5, 0.6) is 5.75 Å². The topological polar surface area (TPSA) is 38.3 Å². The van der Waals surface area contributed by atoms with Crippen molar-refractivity contribution in [3.63, 3.8) is 0 Å². The van der Waals surface area contributed by atoms with E-state index < -0.39 is 7.52 Å². The summed E-state index contributed by atoms with van der Waals surface area (Å²) in [4.78, 5) is 0. The Balaban J connectivity index is 2.06. The Morgan fingerprint density at radius 3 is 2.25 bits per heavy atom. The number of nitrogens with one attached hydrogen (secondary N) is 1. The highest BCUT2D eigenvalue weighted by molar-refractivity contribution is 7.60. The Morgan fingerprint density at radius 1 is 1.10 bits per heavy atom. The molecule has 0 aliphatic carbocycles. The summed E-state index contributed by atoms with van der Waals surface area (Å²) >= 11 is 5.81. The van der Waals surface area contributed by atoms with Crippen LogP contribution in [0.15, 0.2) is 48.5 Å². The molecule has 0 saturated heterocycles. The Bertz CT molecular complexity index is 611. The summed E-state index contributed by atoms with van der Waals surface area (Å²) in [5.74, 6) is 0.592. The van der Waals surface area contributed by atoms with Crippen LogP contribution < -0.4 is 9.61 Å². The van der Waals surface area contributed by atoms with Gasteiger partial charge < -0.3 is 9.61 Å². The molecule has 2 aromatic carbocycles. The maximum atomic E-state index is 12.4. The summed E-state index contributed by atoms with van der Waals surface area (Å²) in [6, 6.07) is 14.6. The van der Waals surface area contributed by atoms with Crippen molar-refractivity contribution >= 4 is 24.8 Å². The van der Waals surface area contributed by atoms with E-state index in [0.29, 0.717) is 16.5 Å². The molecule has 0 aliphatic heterocycles. The number of anilines is 1. The molecule has 3 nitrogen and oxygen atoms in total. The molecule has 0 aromatic heterocycles. The summed E-state index contributed by atoms with van der Waals surface area (Å²) in [7, 11) is -2.97. The van der Waals surface area contributed by atoms with Crippen molar-refractivity contribution in [1.82, 2.24) is 0 Å². The van der Waals surface area contributed by atoms with E-state index in [-0.39, 0.29) is 0 Å². The fourth-order valence-corrected chi connectivity index (χ4v) is 3.08. The second-order valence-corrected chi connectivity index (χ2v) is 7.09. The van der Waals surface area contributed by atoms with Crippen molar-refractivity contribution in [3.05, 3.63) is 59.1 Å². The molecule has 2 rings (SSSR count). The zero-order valence-electron chi connectivity index (χ0n) is 11.5. The van der Waals surface area contributed by atoms with E-state index in [1.807, 2.05) is 24.3 Å². The highest BCUT2D eigenvalue weighted by Gasteiger charge is 2.17. The quantitative estimate of drug-likeness (QED) is 0.770. The van der Waals surface area contributed by atoms with Gasteiger partial charge in [-0.15, -0.1) is 0 Å². The number of halogens is 1. The van der Waals surface area contributed by atoms with Gasteiger partial charge >= 0.3 is 7.52 Å². The number of aryl methyl sites for hydroxylation is 1. The van der Waals surface area contributed by atoms with Gasteiger partial charge in [-0.2, -0.15) is 0 Å². The predicted octanol–water partition coefficient (Wildman–Crippen LogP) is 5.22. The highest BCUT2D eigenvalue weighted by Crippen LogP contribution is 2.43. The molecule has 1 N–H and O–H groups in total. The minimum absolute atomic E-state index is 0.592. The monoisotopic (exact) mass is 309 g/mol. The lowest BCUT2D eigenvalue weighted by atomic mass is 10.2. The van der Waals surface area contributed by atoms with Gasteiger partial charge in [-0.25, -0.2) is 0 Å². The number of benzene rings is 2. The lowest BCUT2D eigenvalue weighted by Crippen LogP contribution is -2.02. The Morgan fingerprint density at radius 2 is 1.70 bits per heavy atom. The van der Waals surface area contributed by atoms with Crippen LogP contribution in [-0.4, -0.2) is 6.66 Å². The van der Waals surface area contributed by atoms with Crippen LogP contribution in [0.3, 0.4) is 0 Å². The van der Waals surface area contributed by atoms with Gasteiger partial charge in [0, 0.05) is 17.4 Å². The van der Waals surface area contributed by atoms with Gasteiger partial charge in [-0.3, -0.25) is 4.57 Å². The summed E-state index contributed by atoms with van der Waals surface area (Å²) < 4.78 is 18.0. The molecule has 0 amide bonds. The summed E-state index contributed by atoms with van der Waals surface area (Å²) in [5.41, 5.74) is 1.93. The second-order valence-electron chi connectivity index (χ2n) is 4.55. The average molecular weight is 310 g/mol. The van der Waals surface area contributed by atoms with E-state index in [0.717, 1.165) is 6.42 Å². The molecular weight excluding hydrogens is 293 g/mol. The first-order chi connectivity index (χ1) is 9.48. The molecule has 0 saturated carbocycles. The normalized spacial score (nSPS) is 13.6. The van der Waals surface area contributed by atoms with Gasteiger partial charge in [0.2, 0.25) is 0 Å². The van der Waals surface area contributed by atoms with Crippen LogP contribution in [0.25, 0.3) is 0 Å². The second kappa shape index (κ2) is 6.34. The van der Waals surface area contributed by atoms with Crippen LogP contribution in [-0.2, 0) is 11.0 Å². The van der Waals surface area contributed by atoms with Crippen molar-refractivity contribution in [2.45, 2.75) is 13.3 Å². The molecule has 2 aromatic rings. The van der Waals surface area contributed by atoms with E-state index in [1.165, 1.54) is 5.56 Å². The number of hydrogen-bond acceptors (Lipinski definition) is 2. The standard InChI is InChI=1S/C15H17ClNO2P/c1-3-12-4-10-15(11-5-12)19-20(2,18)17-14-8-6-13(16)7-9-14/h4-11H,3H2,1-2H3,(H,17,18)/t20-/m1/s1. The molecule has 0 unspecified atom stereocenters. The van der Waals surface area contributed by atoms with Crippen molar-refractivity contribution in [2.24, 2.45) is 0 Å². The van der Waals surface area contributed by atoms with Crippen LogP contribution in [0.1, 0.15) is 12.5 Å². The van der Waals surface area contributed by atoms with Gasteiger partial charge in [0.05, 0.1) is 0 Å². The van der Waals surface area contributed by atoms with Crippen molar-refractivity contribution in [3.8, 4) is 5.75 Å². The van der Waals surface area contributed by atoms with Gasteiger partial charge in [-0.05, 0) is 48.4 Å². The SMILES string of the molecule is CCc1ccc(O[P@@](C)(=O)Nc2ccc(Cl)cc2)cc1. The molecule has 0 fully saturated rings.